The van der Waals surface area contributed by atoms with Gasteiger partial charge in [0.2, 0.25) is 5.91 Å². The summed E-state index contributed by atoms with van der Waals surface area (Å²) in [5.74, 6) is 0.929. The number of anilines is 1. The van der Waals surface area contributed by atoms with Crippen molar-refractivity contribution in [3.05, 3.63) is 53.2 Å². The number of hydrogen-bond donors (Lipinski definition) is 1. The van der Waals surface area contributed by atoms with Crippen LogP contribution in [0.15, 0.2) is 42.6 Å². The molecule has 1 aromatic heterocycles. The van der Waals surface area contributed by atoms with Gasteiger partial charge in [0.25, 0.3) is 5.91 Å². The smallest absolute Gasteiger partial charge is 0.260 e. The number of carbonyl (C=O) groups excluding carboxylic acids is 2. The molecule has 1 aromatic carbocycles. The van der Waals surface area contributed by atoms with Gasteiger partial charge < -0.3 is 15.0 Å². The molecular formula is C20H22ClN3O3. The molecule has 2 amide bonds. The van der Waals surface area contributed by atoms with Crippen molar-refractivity contribution in [1.82, 2.24) is 9.88 Å². The molecule has 0 aliphatic carbocycles. The molecule has 0 radical (unpaired) electrons. The monoisotopic (exact) mass is 387 g/mol. The topological polar surface area (TPSA) is 71.5 Å². The van der Waals surface area contributed by atoms with Gasteiger partial charge in [-0.05, 0) is 55.7 Å². The summed E-state index contributed by atoms with van der Waals surface area (Å²) in [7, 11) is 0. The number of halogens is 1. The average Bonchev–Trinajstić information content (AvgIpc) is 2.69. The van der Waals surface area contributed by atoms with E-state index in [0.717, 1.165) is 5.56 Å². The number of amides is 2. The molecule has 0 saturated carbocycles. The SMILES string of the molecule is Cc1cc(OCC(=O)N2CCC(C(=O)Nc3ccccn3)CC2)ccc1Cl. The molecule has 2 heterocycles. The van der Waals surface area contributed by atoms with E-state index < -0.39 is 0 Å². The van der Waals surface area contributed by atoms with Crippen LogP contribution >= 0.6 is 11.6 Å². The highest BCUT2D eigenvalue weighted by atomic mass is 35.5. The normalized spacial score (nSPS) is 14.7. The minimum Gasteiger partial charge on any atom is -0.484 e. The van der Waals surface area contributed by atoms with Crippen LogP contribution in [0.3, 0.4) is 0 Å². The van der Waals surface area contributed by atoms with Crippen molar-refractivity contribution in [2.45, 2.75) is 19.8 Å². The highest BCUT2D eigenvalue weighted by Gasteiger charge is 2.27. The molecule has 6 nitrogen and oxygen atoms in total. The Balaban J connectivity index is 1.44. The molecule has 0 spiro atoms. The van der Waals surface area contributed by atoms with E-state index in [0.29, 0.717) is 42.5 Å². The quantitative estimate of drug-likeness (QED) is 0.854. The predicted octanol–water partition coefficient (Wildman–Crippen LogP) is 3.30. The minimum atomic E-state index is -0.115. The standard InChI is InChI=1S/C20H22ClN3O3/c1-14-12-16(5-6-17(14)21)27-13-19(25)24-10-7-15(8-11-24)20(26)23-18-4-2-3-9-22-18/h2-6,9,12,15H,7-8,10-11,13H2,1H3,(H,22,23,26). The van der Waals surface area contributed by atoms with Crippen molar-refractivity contribution in [2.24, 2.45) is 5.92 Å². The maximum atomic E-state index is 12.4. The largest absolute Gasteiger partial charge is 0.484 e. The van der Waals surface area contributed by atoms with E-state index in [1.807, 2.05) is 19.1 Å². The van der Waals surface area contributed by atoms with E-state index in [4.69, 9.17) is 16.3 Å². The number of nitrogens with zero attached hydrogens (tertiary/aromatic N) is 2. The van der Waals surface area contributed by atoms with Crippen molar-refractivity contribution in [3.8, 4) is 5.75 Å². The minimum absolute atomic E-state index is 0.0220. The first-order valence-electron chi connectivity index (χ1n) is 8.91. The molecule has 0 atom stereocenters. The first-order valence-corrected chi connectivity index (χ1v) is 9.29. The van der Waals surface area contributed by atoms with Gasteiger partial charge in [-0.3, -0.25) is 9.59 Å². The fourth-order valence-electron chi connectivity index (χ4n) is 3.00. The second kappa shape index (κ2) is 8.86. The van der Waals surface area contributed by atoms with Crippen molar-refractivity contribution >= 4 is 29.2 Å². The van der Waals surface area contributed by atoms with E-state index in [2.05, 4.69) is 10.3 Å². The summed E-state index contributed by atoms with van der Waals surface area (Å²) < 4.78 is 5.57. The summed E-state index contributed by atoms with van der Waals surface area (Å²) in [6.07, 6.45) is 2.90. The number of nitrogens with one attached hydrogen (secondary N) is 1. The van der Waals surface area contributed by atoms with Crippen molar-refractivity contribution in [1.29, 1.82) is 0 Å². The van der Waals surface area contributed by atoms with Crippen LogP contribution in [0, 0.1) is 12.8 Å². The molecule has 1 N–H and O–H groups in total. The zero-order valence-corrected chi connectivity index (χ0v) is 15.9. The molecular weight excluding hydrogens is 366 g/mol. The molecule has 7 heteroatoms. The summed E-state index contributed by atoms with van der Waals surface area (Å²) in [6, 6.07) is 10.7. The lowest BCUT2D eigenvalue weighted by molar-refractivity contribution is -0.136. The number of likely N-dealkylation sites (tertiary alicyclic amines) is 1. The van der Waals surface area contributed by atoms with Crippen molar-refractivity contribution < 1.29 is 14.3 Å². The molecule has 1 fully saturated rings. The average molecular weight is 388 g/mol. The lowest BCUT2D eigenvalue weighted by Crippen LogP contribution is -2.43. The molecule has 1 saturated heterocycles. The highest BCUT2D eigenvalue weighted by Crippen LogP contribution is 2.22. The number of piperidine rings is 1. The van der Waals surface area contributed by atoms with Gasteiger partial charge in [-0.15, -0.1) is 0 Å². The van der Waals surface area contributed by atoms with E-state index >= 15 is 0 Å². The zero-order chi connectivity index (χ0) is 19.2. The van der Waals surface area contributed by atoms with Gasteiger partial charge >= 0.3 is 0 Å². The maximum Gasteiger partial charge on any atom is 0.260 e. The van der Waals surface area contributed by atoms with Crippen LogP contribution in [0.1, 0.15) is 18.4 Å². The lowest BCUT2D eigenvalue weighted by atomic mass is 9.96. The van der Waals surface area contributed by atoms with Crippen molar-refractivity contribution in [2.75, 3.05) is 25.0 Å². The second-order valence-electron chi connectivity index (χ2n) is 6.56. The Kier molecular flexibility index (Phi) is 6.29. The Morgan fingerprint density at radius 1 is 1.26 bits per heavy atom. The van der Waals surface area contributed by atoms with Crippen LogP contribution in [0.5, 0.6) is 5.75 Å². The van der Waals surface area contributed by atoms with Gasteiger partial charge in [0.05, 0.1) is 0 Å². The summed E-state index contributed by atoms with van der Waals surface area (Å²) in [4.78, 5) is 30.5. The van der Waals surface area contributed by atoms with Crippen LogP contribution in [0.25, 0.3) is 0 Å². The van der Waals surface area contributed by atoms with Gasteiger partial charge in [-0.1, -0.05) is 17.7 Å². The fraction of sp³-hybridized carbons (Fsp3) is 0.350. The fourth-order valence-corrected chi connectivity index (χ4v) is 3.12. The number of pyridine rings is 1. The molecule has 1 aliphatic rings. The van der Waals surface area contributed by atoms with Gasteiger partial charge in [0.1, 0.15) is 11.6 Å². The second-order valence-corrected chi connectivity index (χ2v) is 6.97. The van der Waals surface area contributed by atoms with Crippen LogP contribution in [-0.4, -0.2) is 41.4 Å². The number of benzene rings is 1. The molecule has 0 bridgehead atoms. The van der Waals surface area contributed by atoms with Crippen LogP contribution in [-0.2, 0) is 9.59 Å². The first kappa shape index (κ1) is 19.2. The van der Waals surface area contributed by atoms with E-state index in [1.165, 1.54) is 0 Å². The predicted molar refractivity (Wildman–Crippen MR) is 104 cm³/mol. The van der Waals surface area contributed by atoms with Crippen molar-refractivity contribution in [3.63, 3.8) is 0 Å². The maximum absolute atomic E-state index is 12.4. The Morgan fingerprint density at radius 3 is 2.70 bits per heavy atom. The number of hydrogen-bond acceptors (Lipinski definition) is 4. The van der Waals surface area contributed by atoms with E-state index in [9.17, 15) is 9.59 Å². The molecule has 3 rings (SSSR count). The zero-order valence-electron chi connectivity index (χ0n) is 15.2. The van der Waals surface area contributed by atoms with Crippen LogP contribution < -0.4 is 10.1 Å². The number of aromatic nitrogens is 1. The lowest BCUT2D eigenvalue weighted by Gasteiger charge is -2.31. The van der Waals surface area contributed by atoms with Crippen LogP contribution in [0.2, 0.25) is 5.02 Å². The molecule has 27 heavy (non-hydrogen) atoms. The Morgan fingerprint density at radius 2 is 2.04 bits per heavy atom. The molecule has 2 aromatic rings. The van der Waals surface area contributed by atoms with Gasteiger partial charge in [-0.25, -0.2) is 4.98 Å². The van der Waals surface area contributed by atoms with Gasteiger partial charge in [0, 0.05) is 30.2 Å². The van der Waals surface area contributed by atoms with Gasteiger partial charge in [-0.2, -0.15) is 0 Å². The summed E-state index contributed by atoms with van der Waals surface area (Å²) >= 11 is 5.99. The summed E-state index contributed by atoms with van der Waals surface area (Å²) in [6.45, 7) is 2.95. The van der Waals surface area contributed by atoms with E-state index in [1.54, 1.807) is 35.4 Å². The molecule has 1 aliphatic heterocycles. The number of carbonyl (C=O) groups is 2. The first-order chi connectivity index (χ1) is 13.0. The summed E-state index contributed by atoms with van der Waals surface area (Å²) in [5.41, 5.74) is 0.904. The Labute approximate surface area is 163 Å². The highest BCUT2D eigenvalue weighted by molar-refractivity contribution is 6.31. The Hall–Kier alpha value is -2.60. The third kappa shape index (κ3) is 5.20. The Bertz CT molecular complexity index is 805. The number of rotatable bonds is 5. The third-order valence-electron chi connectivity index (χ3n) is 4.63. The van der Waals surface area contributed by atoms with E-state index in [-0.39, 0.29) is 24.3 Å². The summed E-state index contributed by atoms with van der Waals surface area (Å²) in [5, 5.41) is 3.49. The third-order valence-corrected chi connectivity index (χ3v) is 5.05. The van der Waals surface area contributed by atoms with Gasteiger partial charge in [0.15, 0.2) is 6.61 Å². The molecule has 142 valence electrons. The van der Waals surface area contributed by atoms with Crippen LogP contribution in [0.4, 0.5) is 5.82 Å². The number of ether oxygens (including phenoxy) is 1. The molecule has 0 unspecified atom stereocenters. The number of aryl methyl sites for hydroxylation is 1.